The minimum atomic E-state index is 0.0914. The monoisotopic (exact) mass is 406 g/mol. The second-order valence-electron chi connectivity index (χ2n) is 8.62. The van der Waals surface area contributed by atoms with Crippen molar-refractivity contribution in [2.24, 2.45) is 5.92 Å². The van der Waals surface area contributed by atoms with E-state index in [0.29, 0.717) is 0 Å². The van der Waals surface area contributed by atoms with Crippen molar-refractivity contribution >= 4 is 5.91 Å². The standard InChI is InChI=1S/C27H38N2O/c1-2-3-4-5-6-13-20-28-27(30)25-19-14-21-29(22-25)26(23-15-9-7-10-16-23)24-17-11-8-12-18-24/h7-12,15-18,25-26H,2-6,13-14,19-22H2,1H3,(H,28,30). The van der Waals surface area contributed by atoms with E-state index in [9.17, 15) is 4.79 Å². The number of hydrogen-bond acceptors (Lipinski definition) is 2. The van der Waals surface area contributed by atoms with Crippen LogP contribution in [0.5, 0.6) is 0 Å². The third-order valence-electron chi connectivity index (χ3n) is 6.25. The Labute approximate surface area is 182 Å². The second-order valence-corrected chi connectivity index (χ2v) is 8.62. The van der Waals surface area contributed by atoms with E-state index in [-0.39, 0.29) is 17.9 Å². The summed E-state index contributed by atoms with van der Waals surface area (Å²) < 4.78 is 0. The molecule has 0 aliphatic carbocycles. The number of nitrogens with zero attached hydrogens (tertiary/aromatic N) is 1. The van der Waals surface area contributed by atoms with Gasteiger partial charge in [-0.2, -0.15) is 0 Å². The van der Waals surface area contributed by atoms with Crippen LogP contribution in [-0.2, 0) is 4.79 Å². The van der Waals surface area contributed by atoms with Crippen LogP contribution < -0.4 is 5.32 Å². The van der Waals surface area contributed by atoms with Crippen molar-refractivity contribution in [1.82, 2.24) is 10.2 Å². The molecule has 162 valence electrons. The molecule has 30 heavy (non-hydrogen) atoms. The number of rotatable bonds is 11. The number of hydrogen-bond donors (Lipinski definition) is 1. The van der Waals surface area contributed by atoms with Gasteiger partial charge in [0, 0.05) is 13.1 Å². The Bertz CT molecular complexity index is 692. The van der Waals surface area contributed by atoms with Crippen LogP contribution in [0.3, 0.4) is 0 Å². The topological polar surface area (TPSA) is 32.3 Å². The van der Waals surface area contributed by atoms with Crippen molar-refractivity contribution in [3.8, 4) is 0 Å². The maximum absolute atomic E-state index is 12.8. The Morgan fingerprint density at radius 1 is 0.933 bits per heavy atom. The zero-order valence-electron chi connectivity index (χ0n) is 18.6. The molecular weight excluding hydrogens is 368 g/mol. The van der Waals surface area contributed by atoms with Crippen LogP contribution in [0.4, 0.5) is 0 Å². The molecule has 3 heteroatoms. The number of amides is 1. The van der Waals surface area contributed by atoms with Gasteiger partial charge >= 0.3 is 0 Å². The zero-order chi connectivity index (χ0) is 21.0. The largest absolute Gasteiger partial charge is 0.356 e. The van der Waals surface area contributed by atoms with Crippen LogP contribution in [0.15, 0.2) is 60.7 Å². The summed E-state index contributed by atoms with van der Waals surface area (Å²) in [5.74, 6) is 0.335. The second kappa shape index (κ2) is 12.5. The molecule has 0 spiro atoms. The maximum atomic E-state index is 12.8. The molecule has 1 unspecified atom stereocenters. The third kappa shape index (κ3) is 6.70. The Morgan fingerprint density at radius 2 is 1.53 bits per heavy atom. The lowest BCUT2D eigenvalue weighted by molar-refractivity contribution is -0.126. The predicted molar refractivity (Wildman–Crippen MR) is 125 cm³/mol. The van der Waals surface area contributed by atoms with Gasteiger partial charge in [0.05, 0.1) is 12.0 Å². The number of carbonyl (C=O) groups excluding carboxylic acids is 1. The smallest absolute Gasteiger partial charge is 0.224 e. The summed E-state index contributed by atoms with van der Waals surface area (Å²) >= 11 is 0. The van der Waals surface area contributed by atoms with Gasteiger partial charge in [0.1, 0.15) is 0 Å². The molecule has 3 rings (SSSR count). The van der Waals surface area contributed by atoms with Gasteiger partial charge < -0.3 is 5.32 Å². The van der Waals surface area contributed by atoms with Crippen molar-refractivity contribution in [2.45, 2.75) is 64.3 Å². The number of benzene rings is 2. The molecule has 1 heterocycles. The van der Waals surface area contributed by atoms with E-state index in [1.165, 1.54) is 43.2 Å². The highest BCUT2D eigenvalue weighted by atomic mass is 16.1. The van der Waals surface area contributed by atoms with Crippen LogP contribution in [0.1, 0.15) is 75.5 Å². The van der Waals surface area contributed by atoms with Gasteiger partial charge in [0.15, 0.2) is 0 Å². The van der Waals surface area contributed by atoms with Gasteiger partial charge in [-0.15, -0.1) is 0 Å². The highest BCUT2D eigenvalue weighted by Crippen LogP contribution is 2.32. The molecule has 0 aromatic heterocycles. The Kier molecular flexibility index (Phi) is 9.43. The first-order valence-electron chi connectivity index (χ1n) is 11.9. The molecule has 3 nitrogen and oxygen atoms in total. The van der Waals surface area contributed by atoms with Gasteiger partial charge in [-0.05, 0) is 36.9 Å². The summed E-state index contributed by atoms with van der Waals surface area (Å²) in [7, 11) is 0. The first kappa shape index (κ1) is 22.6. The Balaban J connectivity index is 1.57. The molecule has 1 aliphatic heterocycles. The lowest BCUT2D eigenvalue weighted by Gasteiger charge is -2.38. The van der Waals surface area contributed by atoms with Crippen LogP contribution in [0.2, 0.25) is 0 Å². The van der Waals surface area contributed by atoms with Gasteiger partial charge in [0.2, 0.25) is 5.91 Å². The first-order valence-corrected chi connectivity index (χ1v) is 11.9. The average molecular weight is 407 g/mol. The van der Waals surface area contributed by atoms with Crippen LogP contribution >= 0.6 is 0 Å². The van der Waals surface area contributed by atoms with Crippen molar-refractivity contribution in [3.05, 3.63) is 71.8 Å². The van der Waals surface area contributed by atoms with Crippen LogP contribution in [0.25, 0.3) is 0 Å². The molecule has 1 atom stereocenters. The molecule has 1 N–H and O–H groups in total. The van der Waals surface area contributed by atoms with Gasteiger partial charge in [0.25, 0.3) is 0 Å². The summed E-state index contributed by atoms with van der Waals surface area (Å²) in [6.45, 7) is 4.93. The summed E-state index contributed by atoms with van der Waals surface area (Å²) in [6, 6.07) is 21.6. The highest BCUT2D eigenvalue weighted by Gasteiger charge is 2.31. The van der Waals surface area contributed by atoms with E-state index in [0.717, 1.165) is 38.9 Å². The molecule has 2 aromatic rings. The molecule has 2 aromatic carbocycles. The molecule has 1 amide bonds. The summed E-state index contributed by atoms with van der Waals surface area (Å²) in [4.78, 5) is 15.3. The summed E-state index contributed by atoms with van der Waals surface area (Å²) in [5, 5.41) is 3.22. The van der Waals surface area contributed by atoms with Gasteiger partial charge in [-0.3, -0.25) is 9.69 Å². The van der Waals surface area contributed by atoms with Crippen molar-refractivity contribution in [3.63, 3.8) is 0 Å². The molecular formula is C27H38N2O. The van der Waals surface area contributed by atoms with Crippen molar-refractivity contribution in [2.75, 3.05) is 19.6 Å². The number of likely N-dealkylation sites (tertiary alicyclic amines) is 1. The maximum Gasteiger partial charge on any atom is 0.224 e. The lowest BCUT2D eigenvalue weighted by Crippen LogP contribution is -2.44. The van der Waals surface area contributed by atoms with E-state index in [4.69, 9.17) is 0 Å². The summed E-state index contributed by atoms with van der Waals surface area (Å²) in [5.41, 5.74) is 2.61. The van der Waals surface area contributed by atoms with Crippen molar-refractivity contribution < 1.29 is 4.79 Å². The Morgan fingerprint density at radius 3 is 2.17 bits per heavy atom. The summed E-state index contributed by atoms with van der Waals surface area (Å²) in [6.07, 6.45) is 9.61. The van der Waals surface area contributed by atoms with Gasteiger partial charge in [-0.25, -0.2) is 0 Å². The van der Waals surface area contributed by atoms with E-state index in [2.05, 4.69) is 77.8 Å². The minimum Gasteiger partial charge on any atom is -0.356 e. The quantitative estimate of drug-likeness (QED) is 0.467. The fraction of sp³-hybridized carbons (Fsp3) is 0.519. The fourth-order valence-corrected chi connectivity index (χ4v) is 4.60. The third-order valence-corrected chi connectivity index (χ3v) is 6.25. The van der Waals surface area contributed by atoms with Gasteiger partial charge in [-0.1, -0.05) is 99.7 Å². The zero-order valence-corrected chi connectivity index (χ0v) is 18.6. The SMILES string of the molecule is CCCCCCCCNC(=O)C1CCCN(C(c2ccccc2)c2ccccc2)C1. The van der Waals surface area contributed by atoms with E-state index >= 15 is 0 Å². The lowest BCUT2D eigenvalue weighted by atomic mass is 9.91. The molecule has 0 bridgehead atoms. The molecule has 0 radical (unpaired) electrons. The predicted octanol–water partition coefficient (Wildman–Crippen LogP) is 5.96. The fourth-order valence-electron chi connectivity index (χ4n) is 4.60. The first-order chi connectivity index (χ1) is 14.8. The van der Waals surface area contributed by atoms with Crippen molar-refractivity contribution in [1.29, 1.82) is 0 Å². The van der Waals surface area contributed by atoms with Crippen LogP contribution in [-0.4, -0.2) is 30.4 Å². The molecule has 1 fully saturated rings. The molecule has 1 aliphatic rings. The Hall–Kier alpha value is -2.13. The normalized spacial score (nSPS) is 17.2. The number of unbranched alkanes of at least 4 members (excludes halogenated alkanes) is 5. The number of nitrogens with one attached hydrogen (secondary N) is 1. The van der Waals surface area contributed by atoms with E-state index < -0.39 is 0 Å². The minimum absolute atomic E-state index is 0.0914. The van der Waals surface area contributed by atoms with Crippen LogP contribution in [0, 0.1) is 5.92 Å². The average Bonchev–Trinajstić information content (AvgIpc) is 2.80. The number of carbonyl (C=O) groups is 1. The van der Waals surface area contributed by atoms with E-state index in [1.54, 1.807) is 0 Å². The highest BCUT2D eigenvalue weighted by molar-refractivity contribution is 5.78. The molecule has 0 saturated carbocycles. The van der Waals surface area contributed by atoms with E-state index in [1.807, 2.05) is 0 Å². The number of piperidine rings is 1. The molecule has 1 saturated heterocycles.